The van der Waals surface area contributed by atoms with Gasteiger partial charge in [0.2, 0.25) is 0 Å². The summed E-state index contributed by atoms with van der Waals surface area (Å²) >= 11 is 6.07. The van der Waals surface area contributed by atoms with Crippen molar-refractivity contribution in [3.63, 3.8) is 0 Å². The molecular formula is C21H30ClN5O. The van der Waals surface area contributed by atoms with E-state index in [9.17, 15) is 0 Å². The molecule has 0 aromatic heterocycles. The Hall–Kier alpha value is -1.63. The highest BCUT2D eigenvalue weighted by molar-refractivity contribution is 6.30. The van der Waals surface area contributed by atoms with Crippen LogP contribution in [0.1, 0.15) is 38.7 Å². The van der Waals surface area contributed by atoms with E-state index in [0.717, 1.165) is 56.4 Å². The van der Waals surface area contributed by atoms with Crippen LogP contribution in [0.15, 0.2) is 34.5 Å². The van der Waals surface area contributed by atoms with Crippen molar-refractivity contribution in [2.75, 3.05) is 26.2 Å². The van der Waals surface area contributed by atoms with Crippen molar-refractivity contribution >= 4 is 23.3 Å². The van der Waals surface area contributed by atoms with Gasteiger partial charge in [0.25, 0.3) is 0 Å². The average Bonchev–Trinajstić information content (AvgIpc) is 3.11. The third-order valence-electron chi connectivity index (χ3n) is 6.30. The van der Waals surface area contributed by atoms with E-state index in [2.05, 4.69) is 46.0 Å². The first-order chi connectivity index (χ1) is 13.4. The van der Waals surface area contributed by atoms with E-state index in [1.165, 1.54) is 5.56 Å². The Balaban J connectivity index is 1.43. The smallest absolute Gasteiger partial charge is 0.135 e. The Morgan fingerprint density at radius 3 is 2.50 bits per heavy atom. The van der Waals surface area contributed by atoms with Crippen LogP contribution in [0.5, 0.6) is 0 Å². The molecule has 0 unspecified atom stereocenters. The quantitative estimate of drug-likeness (QED) is 0.842. The van der Waals surface area contributed by atoms with Crippen molar-refractivity contribution in [2.24, 2.45) is 15.9 Å². The SMILES string of the molecule is CC1(C)OCCN(C2CCN(C3=NN=C(N)C3)CC2)[C@H]1Cc1ccc(Cl)cc1. The van der Waals surface area contributed by atoms with Gasteiger partial charge in [0, 0.05) is 36.7 Å². The molecule has 3 heterocycles. The molecule has 1 atom stereocenters. The zero-order valence-corrected chi connectivity index (χ0v) is 17.5. The first kappa shape index (κ1) is 19.7. The van der Waals surface area contributed by atoms with Crippen LogP contribution in [-0.2, 0) is 11.2 Å². The second-order valence-electron chi connectivity index (χ2n) is 8.54. The van der Waals surface area contributed by atoms with Crippen molar-refractivity contribution in [3.8, 4) is 0 Å². The molecule has 2 fully saturated rings. The number of hydrogen-bond acceptors (Lipinski definition) is 6. The maximum Gasteiger partial charge on any atom is 0.135 e. The number of halogens is 1. The molecule has 4 rings (SSSR count). The van der Waals surface area contributed by atoms with Gasteiger partial charge in [0.05, 0.1) is 18.6 Å². The van der Waals surface area contributed by atoms with Crippen LogP contribution in [0.25, 0.3) is 0 Å². The molecule has 152 valence electrons. The molecule has 0 bridgehead atoms. The summed E-state index contributed by atoms with van der Waals surface area (Å²) in [6.45, 7) is 8.25. The Labute approximate surface area is 172 Å². The highest BCUT2D eigenvalue weighted by atomic mass is 35.5. The van der Waals surface area contributed by atoms with E-state index in [1.807, 2.05) is 12.1 Å². The van der Waals surface area contributed by atoms with Gasteiger partial charge in [-0.15, -0.1) is 10.2 Å². The maximum absolute atomic E-state index is 6.18. The highest BCUT2D eigenvalue weighted by Gasteiger charge is 2.42. The molecular weight excluding hydrogens is 374 g/mol. The first-order valence-electron chi connectivity index (χ1n) is 10.2. The van der Waals surface area contributed by atoms with Crippen molar-refractivity contribution in [2.45, 2.75) is 57.2 Å². The van der Waals surface area contributed by atoms with Gasteiger partial charge in [-0.3, -0.25) is 4.90 Å². The number of hydrogen-bond donors (Lipinski definition) is 1. The van der Waals surface area contributed by atoms with Crippen LogP contribution in [-0.4, -0.2) is 65.4 Å². The van der Waals surface area contributed by atoms with E-state index < -0.39 is 0 Å². The normalized spacial score (nSPS) is 26.2. The van der Waals surface area contributed by atoms with Gasteiger partial charge >= 0.3 is 0 Å². The van der Waals surface area contributed by atoms with Gasteiger partial charge in [0.1, 0.15) is 11.7 Å². The lowest BCUT2D eigenvalue weighted by Gasteiger charge is -2.51. The summed E-state index contributed by atoms with van der Waals surface area (Å²) < 4.78 is 6.18. The first-order valence-corrected chi connectivity index (χ1v) is 10.6. The van der Waals surface area contributed by atoms with Crippen LogP contribution < -0.4 is 5.73 Å². The number of nitrogens with zero attached hydrogens (tertiary/aromatic N) is 4. The lowest BCUT2D eigenvalue weighted by atomic mass is 9.87. The summed E-state index contributed by atoms with van der Waals surface area (Å²) in [4.78, 5) is 5.04. The second kappa shape index (κ2) is 8.01. The summed E-state index contributed by atoms with van der Waals surface area (Å²) in [5, 5.41) is 9.01. The van der Waals surface area contributed by atoms with E-state index >= 15 is 0 Å². The van der Waals surface area contributed by atoms with E-state index in [4.69, 9.17) is 22.1 Å². The van der Waals surface area contributed by atoms with Crippen LogP contribution in [0.2, 0.25) is 5.02 Å². The summed E-state index contributed by atoms with van der Waals surface area (Å²) in [5.41, 5.74) is 6.92. The summed E-state index contributed by atoms with van der Waals surface area (Å²) in [5.74, 6) is 1.64. The molecule has 28 heavy (non-hydrogen) atoms. The number of nitrogens with two attached hydrogens (primary N) is 1. The number of amidine groups is 2. The molecule has 0 radical (unpaired) electrons. The van der Waals surface area contributed by atoms with Crippen LogP contribution in [0, 0.1) is 0 Å². The fraction of sp³-hybridized carbons (Fsp3) is 0.619. The van der Waals surface area contributed by atoms with Crippen LogP contribution in [0.3, 0.4) is 0 Å². The minimum absolute atomic E-state index is 0.174. The van der Waals surface area contributed by atoms with Gasteiger partial charge in [-0.1, -0.05) is 23.7 Å². The van der Waals surface area contributed by atoms with Crippen molar-refractivity contribution in [3.05, 3.63) is 34.9 Å². The zero-order chi connectivity index (χ0) is 19.7. The van der Waals surface area contributed by atoms with Crippen LogP contribution >= 0.6 is 11.6 Å². The predicted molar refractivity (Wildman–Crippen MR) is 114 cm³/mol. The fourth-order valence-electron chi connectivity index (χ4n) is 4.69. The number of likely N-dealkylation sites (tertiary alicyclic amines) is 1. The average molecular weight is 404 g/mol. The van der Waals surface area contributed by atoms with E-state index in [-0.39, 0.29) is 5.60 Å². The van der Waals surface area contributed by atoms with Crippen LogP contribution in [0.4, 0.5) is 0 Å². The largest absolute Gasteiger partial charge is 0.385 e. The number of rotatable bonds is 3. The molecule has 2 saturated heterocycles. The summed E-state index contributed by atoms with van der Waals surface area (Å²) in [7, 11) is 0. The van der Waals surface area contributed by atoms with Gasteiger partial charge in [0.15, 0.2) is 0 Å². The number of morpholine rings is 1. The second-order valence-corrected chi connectivity index (χ2v) is 8.98. The Morgan fingerprint density at radius 1 is 1.14 bits per heavy atom. The monoisotopic (exact) mass is 403 g/mol. The van der Waals surface area contributed by atoms with Gasteiger partial charge in [-0.2, -0.15) is 0 Å². The van der Waals surface area contributed by atoms with Gasteiger partial charge in [-0.05, 0) is 50.8 Å². The Bertz CT molecular complexity index is 753. The minimum Gasteiger partial charge on any atom is -0.385 e. The third kappa shape index (κ3) is 4.19. The fourth-order valence-corrected chi connectivity index (χ4v) is 4.82. The van der Waals surface area contributed by atoms with E-state index in [1.54, 1.807) is 0 Å². The molecule has 0 saturated carbocycles. The van der Waals surface area contributed by atoms with Gasteiger partial charge in [-0.25, -0.2) is 0 Å². The molecule has 1 aromatic carbocycles. The lowest BCUT2D eigenvalue weighted by Crippen LogP contribution is -2.62. The van der Waals surface area contributed by atoms with Crippen molar-refractivity contribution in [1.82, 2.24) is 9.80 Å². The molecule has 0 aliphatic carbocycles. The molecule has 0 amide bonds. The lowest BCUT2D eigenvalue weighted by molar-refractivity contribution is -0.142. The molecule has 3 aliphatic rings. The molecule has 2 N–H and O–H groups in total. The molecule has 1 aromatic rings. The standard InChI is InChI=1S/C21H30ClN5O/c1-21(2)18(13-15-3-5-16(22)6-4-15)27(11-12-28-21)17-7-9-26(10-8-17)20-14-19(23)24-25-20/h3-6,17-18H,7-14H2,1-2H3,(H2,23,24)/t18-/m0/s1. The maximum atomic E-state index is 6.18. The van der Waals surface area contributed by atoms with Crippen molar-refractivity contribution in [1.29, 1.82) is 0 Å². The summed E-state index contributed by atoms with van der Waals surface area (Å²) in [6, 6.07) is 9.14. The van der Waals surface area contributed by atoms with E-state index in [0.29, 0.717) is 24.3 Å². The Kier molecular flexibility index (Phi) is 5.63. The highest BCUT2D eigenvalue weighted by Crippen LogP contribution is 2.32. The zero-order valence-electron chi connectivity index (χ0n) is 16.8. The summed E-state index contributed by atoms with van der Waals surface area (Å²) in [6.07, 6.45) is 3.92. The topological polar surface area (TPSA) is 66.5 Å². The van der Waals surface area contributed by atoms with Crippen molar-refractivity contribution < 1.29 is 4.74 Å². The third-order valence-corrected chi connectivity index (χ3v) is 6.55. The molecule has 6 nitrogen and oxygen atoms in total. The molecule has 7 heteroatoms. The van der Waals surface area contributed by atoms with Gasteiger partial charge < -0.3 is 15.4 Å². The number of ether oxygens (including phenoxy) is 1. The minimum atomic E-state index is -0.174. The molecule has 3 aliphatic heterocycles. The Morgan fingerprint density at radius 2 is 1.86 bits per heavy atom. The number of benzene rings is 1. The number of piperidine rings is 1. The molecule has 0 spiro atoms. The predicted octanol–water partition coefficient (Wildman–Crippen LogP) is 2.90.